The Morgan fingerprint density at radius 2 is 2.25 bits per heavy atom. The Hall–Kier alpha value is -0.120. The highest BCUT2D eigenvalue weighted by Gasteiger charge is 2.06. The van der Waals surface area contributed by atoms with Crippen LogP contribution in [0.4, 0.5) is 4.39 Å². The summed E-state index contributed by atoms with van der Waals surface area (Å²) in [5, 5.41) is 3.68. The average Bonchev–Trinajstić information content (AvgIpc) is 2.27. The molecule has 1 rings (SSSR count). The van der Waals surface area contributed by atoms with E-state index in [2.05, 4.69) is 28.2 Å². The molecule has 1 unspecified atom stereocenters. The molecular weight excluding hydrogens is 292 g/mol. The number of alkyl halides is 1. The Morgan fingerprint density at radius 3 is 2.88 bits per heavy atom. The fourth-order valence-corrected chi connectivity index (χ4v) is 1.84. The number of rotatable bonds is 6. The molecule has 90 valence electrons. The third kappa shape index (κ3) is 4.40. The summed E-state index contributed by atoms with van der Waals surface area (Å²) in [5.74, 6) is -0.245. The van der Waals surface area contributed by atoms with Crippen LogP contribution in [0.15, 0.2) is 18.2 Å². The molecule has 1 N–H and O–H groups in total. The largest absolute Gasteiger partial charge is 0.312 e. The van der Waals surface area contributed by atoms with Gasteiger partial charge in [-0.3, -0.25) is 0 Å². The quantitative estimate of drug-likeness (QED) is 0.615. The highest BCUT2D eigenvalue weighted by Crippen LogP contribution is 2.18. The van der Waals surface area contributed by atoms with Crippen molar-refractivity contribution in [2.75, 3.05) is 6.54 Å². The maximum absolute atomic E-state index is 13.4. The maximum Gasteiger partial charge on any atom is 0.129 e. The maximum atomic E-state index is 13.4. The molecule has 0 spiro atoms. The van der Waals surface area contributed by atoms with Gasteiger partial charge in [-0.15, -0.1) is 0 Å². The van der Waals surface area contributed by atoms with Gasteiger partial charge in [-0.1, -0.05) is 40.5 Å². The van der Waals surface area contributed by atoms with Crippen LogP contribution in [0.3, 0.4) is 0 Å². The van der Waals surface area contributed by atoms with Gasteiger partial charge in [0, 0.05) is 22.0 Å². The van der Waals surface area contributed by atoms with Crippen molar-refractivity contribution in [3.05, 3.63) is 34.6 Å². The first-order valence-corrected chi connectivity index (χ1v) is 6.72. The molecular formula is C12H16BrClFN. The van der Waals surface area contributed by atoms with Crippen molar-refractivity contribution in [3.63, 3.8) is 0 Å². The smallest absolute Gasteiger partial charge is 0.129 e. The molecule has 0 amide bonds. The highest BCUT2D eigenvalue weighted by molar-refractivity contribution is 9.09. The summed E-state index contributed by atoms with van der Waals surface area (Å²) in [5.41, 5.74) is 0.548. The normalized spacial score (nSPS) is 12.8. The third-order valence-electron chi connectivity index (χ3n) is 2.44. The summed E-state index contributed by atoms with van der Waals surface area (Å²) in [6.07, 6.45) is 2.13. The molecule has 0 saturated carbocycles. The van der Waals surface area contributed by atoms with E-state index in [1.165, 1.54) is 6.07 Å². The number of benzene rings is 1. The lowest BCUT2D eigenvalue weighted by Gasteiger charge is -2.09. The molecule has 0 bridgehead atoms. The first-order valence-electron chi connectivity index (χ1n) is 5.42. The number of nitrogens with one attached hydrogen (secondary N) is 1. The summed E-state index contributed by atoms with van der Waals surface area (Å²) in [7, 11) is 0. The van der Waals surface area contributed by atoms with Gasteiger partial charge in [0.1, 0.15) is 5.82 Å². The van der Waals surface area contributed by atoms with E-state index in [9.17, 15) is 4.39 Å². The van der Waals surface area contributed by atoms with Crippen LogP contribution in [-0.4, -0.2) is 11.4 Å². The minimum atomic E-state index is -0.245. The van der Waals surface area contributed by atoms with Crippen molar-refractivity contribution in [1.29, 1.82) is 0 Å². The van der Waals surface area contributed by atoms with Gasteiger partial charge in [-0.05, 0) is 31.5 Å². The van der Waals surface area contributed by atoms with E-state index < -0.39 is 0 Å². The topological polar surface area (TPSA) is 12.0 Å². The molecule has 0 aliphatic rings. The van der Waals surface area contributed by atoms with Crippen LogP contribution >= 0.6 is 27.5 Å². The summed E-state index contributed by atoms with van der Waals surface area (Å²) in [6, 6.07) is 4.76. The van der Waals surface area contributed by atoms with E-state index in [0.29, 0.717) is 22.0 Å². The van der Waals surface area contributed by atoms with Crippen molar-refractivity contribution >= 4 is 27.5 Å². The second-order valence-corrected chi connectivity index (χ2v) is 5.37. The van der Waals surface area contributed by atoms with Crippen LogP contribution in [0.1, 0.15) is 25.3 Å². The zero-order valence-corrected chi connectivity index (χ0v) is 11.6. The molecule has 0 saturated heterocycles. The number of hydrogen-bond acceptors (Lipinski definition) is 1. The molecule has 4 heteroatoms. The molecule has 0 aromatic heterocycles. The summed E-state index contributed by atoms with van der Waals surface area (Å²) in [4.78, 5) is 0.524. The minimum absolute atomic E-state index is 0.245. The average molecular weight is 309 g/mol. The molecule has 0 heterocycles. The number of hydrogen-bond donors (Lipinski definition) is 1. The summed E-state index contributed by atoms with van der Waals surface area (Å²) >= 11 is 9.46. The monoisotopic (exact) mass is 307 g/mol. The predicted octanol–water partition coefficient (Wildman–Crippen LogP) is 4.13. The van der Waals surface area contributed by atoms with E-state index in [1.54, 1.807) is 12.1 Å². The van der Waals surface area contributed by atoms with Crippen LogP contribution in [-0.2, 0) is 6.54 Å². The zero-order chi connectivity index (χ0) is 12.0. The molecule has 0 aliphatic heterocycles. The van der Waals surface area contributed by atoms with Gasteiger partial charge in [-0.2, -0.15) is 0 Å². The minimum Gasteiger partial charge on any atom is -0.312 e. The molecule has 0 fully saturated rings. The van der Waals surface area contributed by atoms with Gasteiger partial charge in [-0.25, -0.2) is 4.39 Å². The molecule has 0 radical (unpaired) electrons. The first kappa shape index (κ1) is 13.9. The van der Waals surface area contributed by atoms with Crippen LogP contribution < -0.4 is 5.32 Å². The summed E-state index contributed by atoms with van der Waals surface area (Å²) < 4.78 is 13.4. The fourth-order valence-electron chi connectivity index (χ4n) is 1.38. The zero-order valence-electron chi connectivity index (χ0n) is 9.27. The Morgan fingerprint density at radius 1 is 1.50 bits per heavy atom. The molecule has 1 atom stereocenters. The van der Waals surface area contributed by atoms with Crippen molar-refractivity contribution in [1.82, 2.24) is 5.32 Å². The Bertz CT molecular complexity index is 313. The second-order valence-electron chi connectivity index (χ2n) is 3.67. The van der Waals surface area contributed by atoms with Gasteiger partial charge in [0.2, 0.25) is 0 Å². The lowest BCUT2D eigenvalue weighted by atomic mass is 10.2. The van der Waals surface area contributed by atoms with E-state index >= 15 is 0 Å². The predicted molar refractivity (Wildman–Crippen MR) is 70.7 cm³/mol. The van der Waals surface area contributed by atoms with E-state index in [4.69, 9.17) is 11.6 Å². The van der Waals surface area contributed by atoms with Crippen LogP contribution in [0.2, 0.25) is 5.02 Å². The van der Waals surface area contributed by atoms with Gasteiger partial charge in [0.25, 0.3) is 0 Å². The third-order valence-corrected chi connectivity index (χ3v) is 3.90. The molecule has 1 aromatic rings. The van der Waals surface area contributed by atoms with Crippen LogP contribution in [0.25, 0.3) is 0 Å². The SMILES string of the molecule is CCC(Br)CCNCc1c(F)cccc1Cl. The molecule has 1 aromatic carbocycles. The lowest BCUT2D eigenvalue weighted by molar-refractivity contribution is 0.578. The lowest BCUT2D eigenvalue weighted by Crippen LogP contribution is -2.18. The van der Waals surface area contributed by atoms with E-state index in [-0.39, 0.29) is 5.82 Å². The number of halogens is 3. The van der Waals surface area contributed by atoms with Crippen molar-refractivity contribution in [2.24, 2.45) is 0 Å². The molecule has 1 nitrogen and oxygen atoms in total. The summed E-state index contributed by atoms with van der Waals surface area (Å²) in [6.45, 7) is 3.47. The van der Waals surface area contributed by atoms with Gasteiger partial charge >= 0.3 is 0 Å². The van der Waals surface area contributed by atoms with Gasteiger partial charge in [0.05, 0.1) is 0 Å². The second kappa shape index (κ2) is 7.25. The van der Waals surface area contributed by atoms with Crippen molar-refractivity contribution in [2.45, 2.75) is 31.1 Å². The van der Waals surface area contributed by atoms with Crippen LogP contribution in [0.5, 0.6) is 0 Å². The van der Waals surface area contributed by atoms with E-state index in [1.807, 2.05) is 0 Å². The van der Waals surface area contributed by atoms with Gasteiger partial charge in [0.15, 0.2) is 0 Å². The van der Waals surface area contributed by atoms with Gasteiger partial charge < -0.3 is 5.32 Å². The Kier molecular flexibility index (Phi) is 6.32. The van der Waals surface area contributed by atoms with Crippen LogP contribution in [0, 0.1) is 5.82 Å². The molecule has 16 heavy (non-hydrogen) atoms. The Labute approximate surface area is 110 Å². The first-order chi connectivity index (χ1) is 7.65. The highest BCUT2D eigenvalue weighted by atomic mass is 79.9. The molecule has 0 aliphatic carbocycles. The Balaban J connectivity index is 2.37. The van der Waals surface area contributed by atoms with E-state index in [0.717, 1.165) is 19.4 Å². The van der Waals surface area contributed by atoms with Crippen molar-refractivity contribution < 1.29 is 4.39 Å². The standard InChI is InChI=1S/C12H16BrClFN/c1-2-9(13)6-7-16-8-10-11(14)4-3-5-12(10)15/h3-5,9,16H,2,6-8H2,1H3. The van der Waals surface area contributed by atoms with Crippen molar-refractivity contribution in [3.8, 4) is 0 Å². The fraction of sp³-hybridized carbons (Fsp3) is 0.500.